The zero-order valence-electron chi connectivity index (χ0n) is 24.4. The predicted molar refractivity (Wildman–Crippen MR) is 158 cm³/mol. The maximum Gasteiger partial charge on any atom is 0.310 e. The molecular weight excluding hydrogens is 526 g/mol. The minimum absolute atomic E-state index is 0.00354. The number of aryl methyl sites for hydroxylation is 1. The fraction of sp³-hybridized carbons (Fsp3) is 0.355. The van der Waals surface area contributed by atoms with E-state index in [1.807, 2.05) is 46.8 Å². The Morgan fingerprint density at radius 3 is 1.83 bits per heavy atom. The molecule has 0 aliphatic heterocycles. The van der Waals surface area contributed by atoms with E-state index in [1.54, 1.807) is 38.1 Å². The van der Waals surface area contributed by atoms with Crippen molar-refractivity contribution in [2.75, 3.05) is 17.2 Å². The van der Waals surface area contributed by atoms with E-state index in [4.69, 9.17) is 14.2 Å². The normalized spacial score (nSPS) is 11.0. The second kappa shape index (κ2) is 13.6. The molecule has 0 heterocycles. The Balaban J connectivity index is 1.87. The van der Waals surface area contributed by atoms with Crippen LogP contribution in [0.5, 0.6) is 17.2 Å². The molecule has 3 aromatic carbocycles. The fourth-order valence-corrected chi connectivity index (χ4v) is 3.77. The summed E-state index contributed by atoms with van der Waals surface area (Å²) in [5.74, 6) is 0.292. The molecule has 0 unspecified atom stereocenters. The summed E-state index contributed by atoms with van der Waals surface area (Å²) in [4.78, 5) is 37.2. The van der Waals surface area contributed by atoms with Crippen molar-refractivity contribution in [2.45, 2.75) is 60.7 Å². The first-order valence-corrected chi connectivity index (χ1v) is 13.5. The van der Waals surface area contributed by atoms with Gasteiger partial charge in [0.15, 0.2) is 5.75 Å². The number of carbonyl (C=O) groups excluding carboxylic acids is 2. The molecule has 10 nitrogen and oxygen atoms in total. The van der Waals surface area contributed by atoms with E-state index in [-0.39, 0.29) is 35.1 Å². The number of nitro benzene ring substituents is 1. The van der Waals surface area contributed by atoms with E-state index in [0.717, 1.165) is 5.56 Å². The molecule has 0 aliphatic rings. The van der Waals surface area contributed by atoms with Crippen LogP contribution in [0, 0.1) is 23.0 Å². The number of hydrogen-bond acceptors (Lipinski definition) is 7. The number of hydrogen-bond donors (Lipinski definition) is 2. The van der Waals surface area contributed by atoms with Crippen LogP contribution in [-0.4, -0.2) is 35.6 Å². The summed E-state index contributed by atoms with van der Waals surface area (Å²) in [6.45, 7) is 13.7. The minimum atomic E-state index is -0.562. The average molecular weight is 564 g/mol. The van der Waals surface area contributed by atoms with Crippen molar-refractivity contribution in [1.82, 2.24) is 0 Å². The number of nitrogens with zero attached hydrogens (tertiary/aromatic N) is 1. The monoisotopic (exact) mass is 563 g/mol. The molecule has 0 radical (unpaired) electrons. The van der Waals surface area contributed by atoms with Crippen LogP contribution < -0.4 is 24.8 Å². The van der Waals surface area contributed by atoms with E-state index < -0.39 is 10.8 Å². The third-order valence-electron chi connectivity index (χ3n) is 5.59. The van der Waals surface area contributed by atoms with Gasteiger partial charge in [-0.3, -0.25) is 19.7 Å². The minimum Gasteiger partial charge on any atom is -0.491 e. The van der Waals surface area contributed by atoms with Crippen LogP contribution >= 0.6 is 0 Å². The van der Waals surface area contributed by atoms with Crippen LogP contribution in [0.15, 0.2) is 54.6 Å². The number of nitrogens with one attached hydrogen (secondary N) is 2. The molecule has 218 valence electrons. The molecule has 3 rings (SSSR count). The van der Waals surface area contributed by atoms with Crippen molar-refractivity contribution in [3.05, 3.63) is 81.4 Å². The average Bonchev–Trinajstić information content (AvgIpc) is 2.88. The number of ether oxygens (including phenoxy) is 3. The third kappa shape index (κ3) is 8.69. The highest BCUT2D eigenvalue weighted by Gasteiger charge is 2.21. The van der Waals surface area contributed by atoms with E-state index in [1.165, 1.54) is 18.2 Å². The lowest BCUT2D eigenvalue weighted by molar-refractivity contribution is -0.386. The van der Waals surface area contributed by atoms with Crippen molar-refractivity contribution in [3.8, 4) is 17.2 Å². The molecule has 0 fully saturated rings. The maximum absolute atomic E-state index is 13.2. The van der Waals surface area contributed by atoms with Gasteiger partial charge in [0.25, 0.3) is 11.8 Å². The molecule has 0 aromatic heterocycles. The molecule has 41 heavy (non-hydrogen) atoms. The lowest BCUT2D eigenvalue weighted by Crippen LogP contribution is -2.17. The largest absolute Gasteiger partial charge is 0.491 e. The van der Waals surface area contributed by atoms with Crippen molar-refractivity contribution >= 4 is 28.9 Å². The molecule has 2 amide bonds. The smallest absolute Gasteiger partial charge is 0.310 e. The highest BCUT2D eigenvalue weighted by Crippen LogP contribution is 2.32. The molecule has 2 N–H and O–H groups in total. The first-order valence-electron chi connectivity index (χ1n) is 13.5. The summed E-state index contributed by atoms with van der Waals surface area (Å²) in [5, 5.41) is 17.1. The summed E-state index contributed by atoms with van der Waals surface area (Å²) < 4.78 is 17.4. The van der Waals surface area contributed by atoms with Crippen LogP contribution in [-0.2, 0) is 0 Å². The van der Waals surface area contributed by atoms with E-state index in [0.29, 0.717) is 41.0 Å². The first-order chi connectivity index (χ1) is 19.3. The Morgan fingerprint density at radius 1 is 0.756 bits per heavy atom. The number of anilines is 2. The Morgan fingerprint density at radius 2 is 1.27 bits per heavy atom. The Hall–Kier alpha value is -4.60. The standard InChI is InChI=1S/C31H37N3O7/c1-18(2)17-39-27-14-21(7)8-11-24(27)32-30(35)22-9-12-25(28(15-22)40-19(3)4)33-31(36)23-10-13-26(34(37)38)29(16-23)41-20(5)6/h8-16,18-20H,17H2,1-7H3,(H,32,35)(H,33,36). The van der Waals surface area contributed by atoms with Gasteiger partial charge in [-0.05, 0) is 82.5 Å². The van der Waals surface area contributed by atoms with E-state index in [9.17, 15) is 19.7 Å². The van der Waals surface area contributed by atoms with Gasteiger partial charge in [0.2, 0.25) is 0 Å². The highest BCUT2D eigenvalue weighted by molar-refractivity contribution is 6.08. The van der Waals surface area contributed by atoms with Gasteiger partial charge in [-0.25, -0.2) is 0 Å². The quantitative estimate of drug-likeness (QED) is 0.179. The number of carbonyl (C=O) groups is 2. The predicted octanol–water partition coefficient (Wildman–Crippen LogP) is 7.02. The Kier molecular flexibility index (Phi) is 10.3. The van der Waals surface area contributed by atoms with Crippen molar-refractivity contribution in [2.24, 2.45) is 5.92 Å². The molecule has 10 heteroatoms. The molecular formula is C31H37N3O7. The zero-order valence-corrected chi connectivity index (χ0v) is 24.4. The third-order valence-corrected chi connectivity index (χ3v) is 5.59. The molecule has 0 spiro atoms. The summed E-state index contributed by atoms with van der Waals surface area (Å²) >= 11 is 0. The van der Waals surface area contributed by atoms with Crippen LogP contribution in [0.25, 0.3) is 0 Å². The Bertz CT molecular complexity index is 1420. The van der Waals surface area contributed by atoms with E-state index >= 15 is 0 Å². The topological polar surface area (TPSA) is 129 Å². The second-order valence-electron chi connectivity index (χ2n) is 10.6. The van der Waals surface area contributed by atoms with E-state index in [2.05, 4.69) is 10.6 Å². The summed E-state index contributed by atoms with van der Waals surface area (Å²) in [5.41, 5.74) is 2.13. The van der Waals surface area contributed by atoms with Gasteiger partial charge in [0.1, 0.15) is 11.5 Å². The number of benzene rings is 3. The van der Waals surface area contributed by atoms with Gasteiger partial charge in [-0.1, -0.05) is 19.9 Å². The van der Waals surface area contributed by atoms with Gasteiger partial charge in [-0.15, -0.1) is 0 Å². The second-order valence-corrected chi connectivity index (χ2v) is 10.6. The molecule has 0 saturated heterocycles. The molecule has 0 saturated carbocycles. The lowest BCUT2D eigenvalue weighted by atomic mass is 10.1. The number of amides is 2. The first kappa shape index (κ1) is 30.9. The van der Waals surface area contributed by atoms with Crippen LogP contribution in [0.3, 0.4) is 0 Å². The van der Waals surface area contributed by atoms with Gasteiger partial charge >= 0.3 is 5.69 Å². The van der Waals surface area contributed by atoms with Crippen molar-refractivity contribution in [3.63, 3.8) is 0 Å². The molecule has 0 aliphatic carbocycles. The molecule has 0 bridgehead atoms. The van der Waals surface area contributed by atoms with Gasteiger partial charge < -0.3 is 24.8 Å². The lowest BCUT2D eigenvalue weighted by Gasteiger charge is -2.18. The molecule has 3 aromatic rings. The van der Waals surface area contributed by atoms with Crippen LogP contribution in [0.4, 0.5) is 17.1 Å². The van der Waals surface area contributed by atoms with Gasteiger partial charge in [0, 0.05) is 23.3 Å². The summed E-state index contributed by atoms with van der Waals surface area (Å²) in [7, 11) is 0. The van der Waals surface area contributed by atoms with Crippen LogP contribution in [0.1, 0.15) is 67.8 Å². The number of nitro groups is 1. The Labute approximate surface area is 240 Å². The van der Waals surface area contributed by atoms with Gasteiger partial charge in [0.05, 0.1) is 35.1 Å². The van der Waals surface area contributed by atoms with Crippen molar-refractivity contribution < 1.29 is 28.7 Å². The highest BCUT2D eigenvalue weighted by atomic mass is 16.6. The zero-order chi connectivity index (χ0) is 30.3. The SMILES string of the molecule is Cc1ccc(NC(=O)c2ccc(NC(=O)c3ccc([N+](=O)[O-])c(OC(C)C)c3)c(OC(C)C)c2)c(OCC(C)C)c1. The molecule has 0 atom stereocenters. The van der Waals surface area contributed by atoms with Crippen LogP contribution in [0.2, 0.25) is 0 Å². The maximum atomic E-state index is 13.2. The van der Waals surface area contributed by atoms with Crippen molar-refractivity contribution in [1.29, 1.82) is 0 Å². The fourth-order valence-electron chi connectivity index (χ4n) is 3.77. The number of rotatable bonds is 12. The summed E-state index contributed by atoms with van der Waals surface area (Å²) in [6.07, 6.45) is -0.572. The summed E-state index contributed by atoms with van der Waals surface area (Å²) in [6, 6.07) is 14.2. The van der Waals surface area contributed by atoms with Gasteiger partial charge in [-0.2, -0.15) is 0 Å².